The maximum Gasteiger partial charge on any atom is 0.269 e. The molecule has 174 valence electrons. The van der Waals surface area contributed by atoms with Crippen LogP contribution in [0.25, 0.3) is 5.70 Å². The highest BCUT2D eigenvalue weighted by molar-refractivity contribution is 8.00. The summed E-state index contributed by atoms with van der Waals surface area (Å²) in [6.45, 7) is 4.13. The van der Waals surface area contributed by atoms with Crippen LogP contribution >= 0.6 is 11.8 Å². The van der Waals surface area contributed by atoms with E-state index in [0.29, 0.717) is 5.75 Å². The summed E-state index contributed by atoms with van der Waals surface area (Å²) in [4.78, 5) is 11.9. The van der Waals surface area contributed by atoms with E-state index in [-0.39, 0.29) is 10.9 Å². The van der Waals surface area contributed by atoms with E-state index in [2.05, 4.69) is 79.8 Å². The molecule has 1 heterocycles. The largest absolute Gasteiger partial charge is 0.458 e. The maximum absolute atomic E-state index is 11.1. The summed E-state index contributed by atoms with van der Waals surface area (Å²) >= 11 is 1.72. The normalized spacial score (nSPS) is 15.1. The topological polar surface area (TPSA) is 64.4 Å². The minimum atomic E-state index is -0.407. The summed E-state index contributed by atoms with van der Waals surface area (Å²) in [5, 5.41) is 14.6. The van der Waals surface area contributed by atoms with Crippen LogP contribution in [0.3, 0.4) is 0 Å². The SMILES string of the molecule is Cc1ccc(C2=C(Oc3ccc([N+](=O)[O-])cc3)C(c3ccc(C)cc3)Sc3ccccc3N2)cc1. The molecule has 4 aromatic rings. The van der Waals surface area contributed by atoms with Crippen LogP contribution < -0.4 is 10.1 Å². The van der Waals surface area contributed by atoms with Gasteiger partial charge >= 0.3 is 0 Å². The number of nitro benzene ring substituents is 1. The molecule has 4 aromatic carbocycles. The lowest BCUT2D eigenvalue weighted by atomic mass is 10.0. The van der Waals surface area contributed by atoms with Crippen molar-refractivity contribution in [3.05, 3.63) is 135 Å². The molecule has 0 radical (unpaired) electrons. The van der Waals surface area contributed by atoms with Crippen molar-refractivity contribution >= 4 is 28.8 Å². The fraction of sp³-hybridized carbons (Fsp3) is 0.103. The molecule has 1 aliphatic heterocycles. The lowest BCUT2D eigenvalue weighted by Crippen LogP contribution is -2.11. The van der Waals surface area contributed by atoms with E-state index < -0.39 is 4.92 Å². The number of thioether (sulfide) groups is 1. The van der Waals surface area contributed by atoms with Gasteiger partial charge in [-0.15, -0.1) is 11.8 Å². The van der Waals surface area contributed by atoms with Gasteiger partial charge in [-0.3, -0.25) is 10.1 Å². The third-order valence-corrected chi connectivity index (χ3v) is 7.20. The number of para-hydroxylation sites is 1. The zero-order chi connectivity index (χ0) is 24.4. The fourth-order valence-corrected chi connectivity index (χ4v) is 5.17. The monoisotopic (exact) mass is 480 g/mol. The van der Waals surface area contributed by atoms with E-state index in [1.807, 2.05) is 12.1 Å². The van der Waals surface area contributed by atoms with Crippen LogP contribution in [0.1, 0.15) is 27.5 Å². The summed E-state index contributed by atoms with van der Waals surface area (Å²) in [6, 6.07) is 31.3. The van der Waals surface area contributed by atoms with Gasteiger partial charge in [0.05, 0.1) is 21.6 Å². The van der Waals surface area contributed by atoms with Gasteiger partial charge in [-0.2, -0.15) is 0 Å². The number of anilines is 1. The molecular weight excluding hydrogens is 456 g/mol. The molecule has 0 amide bonds. The van der Waals surface area contributed by atoms with Crippen molar-refractivity contribution in [2.24, 2.45) is 0 Å². The van der Waals surface area contributed by atoms with Crippen molar-refractivity contribution in [2.45, 2.75) is 24.0 Å². The third kappa shape index (κ3) is 4.93. The van der Waals surface area contributed by atoms with Crippen LogP contribution in [0.4, 0.5) is 11.4 Å². The highest BCUT2D eigenvalue weighted by atomic mass is 32.2. The Morgan fingerprint density at radius 1 is 0.829 bits per heavy atom. The minimum absolute atomic E-state index is 0.0287. The second kappa shape index (κ2) is 9.68. The van der Waals surface area contributed by atoms with E-state index in [4.69, 9.17) is 4.74 Å². The summed E-state index contributed by atoms with van der Waals surface area (Å²) in [6.07, 6.45) is 0. The highest BCUT2D eigenvalue weighted by Crippen LogP contribution is 2.49. The Hall–Kier alpha value is -4.03. The molecule has 5 rings (SSSR count). The molecule has 1 unspecified atom stereocenters. The Bertz CT molecular complexity index is 1400. The van der Waals surface area contributed by atoms with Crippen molar-refractivity contribution in [3.63, 3.8) is 0 Å². The summed E-state index contributed by atoms with van der Waals surface area (Å²) in [7, 11) is 0. The first-order chi connectivity index (χ1) is 17.0. The lowest BCUT2D eigenvalue weighted by Gasteiger charge is -2.22. The maximum atomic E-state index is 11.1. The molecule has 35 heavy (non-hydrogen) atoms. The quantitative estimate of drug-likeness (QED) is 0.232. The predicted molar refractivity (Wildman–Crippen MR) is 142 cm³/mol. The Morgan fingerprint density at radius 2 is 1.46 bits per heavy atom. The fourth-order valence-electron chi connectivity index (χ4n) is 3.94. The summed E-state index contributed by atoms with van der Waals surface area (Å²) in [5.74, 6) is 1.29. The smallest absolute Gasteiger partial charge is 0.269 e. The molecule has 0 aromatic heterocycles. The molecule has 1 atom stereocenters. The van der Waals surface area contributed by atoms with Gasteiger partial charge in [0, 0.05) is 22.6 Å². The van der Waals surface area contributed by atoms with Gasteiger partial charge in [0.2, 0.25) is 0 Å². The van der Waals surface area contributed by atoms with Gasteiger partial charge in [-0.1, -0.05) is 71.8 Å². The van der Waals surface area contributed by atoms with Gasteiger partial charge in [0.25, 0.3) is 5.69 Å². The summed E-state index contributed by atoms with van der Waals surface area (Å²) < 4.78 is 6.57. The van der Waals surface area contributed by atoms with Crippen LogP contribution in [0.5, 0.6) is 5.75 Å². The average molecular weight is 481 g/mol. The van der Waals surface area contributed by atoms with Crippen molar-refractivity contribution in [3.8, 4) is 5.75 Å². The molecule has 0 bridgehead atoms. The lowest BCUT2D eigenvalue weighted by molar-refractivity contribution is -0.384. The molecule has 0 saturated heterocycles. The number of nitrogens with zero attached hydrogens (tertiary/aromatic N) is 1. The van der Waals surface area contributed by atoms with E-state index in [0.717, 1.165) is 33.2 Å². The minimum Gasteiger partial charge on any atom is -0.458 e. The molecule has 0 spiro atoms. The molecule has 0 saturated carbocycles. The van der Waals surface area contributed by atoms with Crippen LogP contribution in [0.2, 0.25) is 0 Å². The van der Waals surface area contributed by atoms with Crippen molar-refractivity contribution < 1.29 is 9.66 Å². The first kappa shape index (κ1) is 22.7. The number of fused-ring (bicyclic) bond motifs is 1. The number of benzene rings is 4. The third-order valence-electron chi connectivity index (χ3n) is 5.87. The molecule has 0 aliphatic carbocycles. The van der Waals surface area contributed by atoms with Gasteiger partial charge in [0.15, 0.2) is 0 Å². The zero-order valence-electron chi connectivity index (χ0n) is 19.4. The first-order valence-electron chi connectivity index (χ1n) is 11.3. The Balaban J connectivity index is 1.69. The number of rotatable bonds is 5. The number of ether oxygens (including phenoxy) is 1. The number of hydrogen-bond acceptors (Lipinski definition) is 5. The van der Waals surface area contributed by atoms with Gasteiger partial charge in [-0.25, -0.2) is 0 Å². The number of hydrogen-bond donors (Lipinski definition) is 1. The number of nitro groups is 1. The molecule has 0 fully saturated rings. The summed E-state index contributed by atoms with van der Waals surface area (Å²) in [5.41, 5.74) is 6.37. The number of non-ortho nitro benzene ring substituents is 1. The van der Waals surface area contributed by atoms with Crippen LogP contribution in [0.15, 0.2) is 108 Å². The highest BCUT2D eigenvalue weighted by Gasteiger charge is 2.29. The van der Waals surface area contributed by atoms with E-state index in [1.165, 1.54) is 23.3 Å². The number of aryl methyl sites for hydroxylation is 2. The van der Waals surface area contributed by atoms with Crippen LogP contribution in [0, 0.1) is 24.0 Å². The zero-order valence-corrected chi connectivity index (χ0v) is 20.2. The van der Waals surface area contributed by atoms with E-state index >= 15 is 0 Å². The van der Waals surface area contributed by atoms with Crippen molar-refractivity contribution in [1.29, 1.82) is 0 Å². The average Bonchev–Trinajstić information content (AvgIpc) is 3.03. The molecule has 6 heteroatoms. The second-order valence-corrected chi connectivity index (χ2v) is 9.64. The van der Waals surface area contributed by atoms with Gasteiger partial charge < -0.3 is 10.1 Å². The Morgan fingerprint density at radius 3 is 2.11 bits per heavy atom. The molecule has 1 N–H and O–H groups in total. The predicted octanol–water partition coefficient (Wildman–Crippen LogP) is 7.92. The molecular formula is C29H24N2O3S. The number of nitrogens with one attached hydrogen (secondary N) is 1. The Kier molecular flexibility index (Phi) is 6.29. The standard InChI is InChI=1S/C29H24N2O3S/c1-19-7-11-21(12-8-19)27-28(34-24-17-15-23(16-18-24)31(32)33)29(22-13-9-20(2)10-14-22)35-26-6-4-3-5-25(26)30-27/h3-18,29-30H,1-2H3. The molecule has 1 aliphatic rings. The first-order valence-corrected chi connectivity index (χ1v) is 12.2. The van der Waals surface area contributed by atoms with Crippen molar-refractivity contribution in [1.82, 2.24) is 0 Å². The van der Waals surface area contributed by atoms with Crippen molar-refractivity contribution in [2.75, 3.05) is 5.32 Å². The second-order valence-electron chi connectivity index (χ2n) is 8.49. The van der Waals surface area contributed by atoms with E-state index in [9.17, 15) is 10.1 Å². The van der Waals surface area contributed by atoms with Crippen LogP contribution in [-0.2, 0) is 0 Å². The van der Waals surface area contributed by atoms with E-state index in [1.54, 1.807) is 23.9 Å². The molecule has 5 nitrogen and oxygen atoms in total. The van der Waals surface area contributed by atoms with Crippen LogP contribution in [-0.4, -0.2) is 4.92 Å². The van der Waals surface area contributed by atoms with Gasteiger partial charge in [0.1, 0.15) is 11.5 Å². The Labute approximate surface area is 208 Å². The van der Waals surface area contributed by atoms with Gasteiger partial charge in [-0.05, 0) is 43.7 Å².